The van der Waals surface area contributed by atoms with Crippen molar-refractivity contribution in [2.45, 2.75) is 18.5 Å². The number of alkyl halides is 3. The summed E-state index contributed by atoms with van der Waals surface area (Å²) < 4.78 is 52.9. The van der Waals surface area contributed by atoms with Crippen molar-refractivity contribution in [3.63, 3.8) is 0 Å². The molecule has 2 aromatic carbocycles. The second-order valence-electron chi connectivity index (χ2n) is 7.18. The van der Waals surface area contributed by atoms with Crippen molar-refractivity contribution >= 4 is 34.5 Å². The molecule has 2 heterocycles. The molecule has 0 aliphatic carbocycles. The van der Waals surface area contributed by atoms with Crippen LogP contribution < -0.4 is 10.9 Å². The van der Waals surface area contributed by atoms with Gasteiger partial charge in [-0.05, 0) is 35.9 Å². The molecule has 0 aliphatic heterocycles. The van der Waals surface area contributed by atoms with Gasteiger partial charge in [0.25, 0.3) is 5.56 Å². The van der Waals surface area contributed by atoms with E-state index in [4.69, 9.17) is 0 Å². The molecule has 4 aromatic rings. The summed E-state index contributed by atoms with van der Waals surface area (Å²) in [5.74, 6) is -0.504. The number of benzene rings is 2. The molecule has 13 heteroatoms. The van der Waals surface area contributed by atoms with Crippen LogP contribution in [0.4, 0.5) is 23.2 Å². The first-order chi connectivity index (χ1) is 16.2. The van der Waals surface area contributed by atoms with E-state index in [9.17, 15) is 27.2 Å². The molecule has 0 atom stereocenters. The summed E-state index contributed by atoms with van der Waals surface area (Å²) in [6.45, 7) is 0. The van der Waals surface area contributed by atoms with Gasteiger partial charge in [0.15, 0.2) is 11.2 Å². The Morgan fingerprint density at radius 3 is 2.65 bits per heavy atom. The van der Waals surface area contributed by atoms with Crippen molar-refractivity contribution in [2.75, 3.05) is 11.1 Å². The van der Waals surface area contributed by atoms with Crippen molar-refractivity contribution in [1.82, 2.24) is 25.0 Å². The second-order valence-corrected chi connectivity index (χ2v) is 8.14. The molecule has 0 spiro atoms. The Labute approximate surface area is 193 Å². The van der Waals surface area contributed by atoms with Gasteiger partial charge in [0.2, 0.25) is 5.91 Å². The Morgan fingerprint density at radius 2 is 1.91 bits per heavy atom. The number of halogens is 4. The Bertz CT molecular complexity index is 1380. The summed E-state index contributed by atoms with van der Waals surface area (Å²) in [7, 11) is 0. The summed E-state index contributed by atoms with van der Waals surface area (Å²) in [6, 6.07) is 10.1. The van der Waals surface area contributed by atoms with E-state index in [1.807, 2.05) is 0 Å². The van der Waals surface area contributed by atoms with Crippen LogP contribution in [-0.4, -0.2) is 36.6 Å². The molecule has 2 aromatic heterocycles. The van der Waals surface area contributed by atoms with Crippen LogP contribution in [0.15, 0.2) is 53.3 Å². The number of aromatic nitrogens is 5. The highest BCUT2D eigenvalue weighted by atomic mass is 32.2. The van der Waals surface area contributed by atoms with E-state index in [2.05, 4.69) is 25.6 Å². The van der Waals surface area contributed by atoms with Gasteiger partial charge < -0.3 is 10.3 Å². The number of thioether (sulfide) groups is 1. The normalized spacial score (nSPS) is 11.6. The van der Waals surface area contributed by atoms with Gasteiger partial charge in [-0.3, -0.25) is 9.59 Å². The number of carbonyl (C=O) groups excluding carboxylic acids is 1. The SMILES string of the molecule is O=C(CSCn1nnc2c(=O)[nH]c(Cc3ccc(F)cc3)nc21)Nc1cccc(C(F)(F)F)c1. The summed E-state index contributed by atoms with van der Waals surface area (Å²) in [4.78, 5) is 31.5. The molecule has 1 amide bonds. The number of H-pyrrole nitrogens is 1. The minimum atomic E-state index is -4.51. The van der Waals surface area contributed by atoms with Crippen LogP contribution >= 0.6 is 11.8 Å². The fourth-order valence-corrected chi connectivity index (χ4v) is 3.77. The maximum absolute atomic E-state index is 13.1. The molecule has 4 rings (SSSR count). The van der Waals surface area contributed by atoms with E-state index in [-0.39, 0.29) is 40.7 Å². The molecule has 176 valence electrons. The van der Waals surface area contributed by atoms with Crippen LogP contribution in [0, 0.1) is 5.82 Å². The molecular weight excluding hydrogens is 476 g/mol. The predicted molar refractivity (Wildman–Crippen MR) is 118 cm³/mol. The Kier molecular flexibility index (Phi) is 6.63. The van der Waals surface area contributed by atoms with Crippen LogP contribution in [0.2, 0.25) is 0 Å². The number of aromatic amines is 1. The van der Waals surface area contributed by atoms with Crippen molar-refractivity contribution < 1.29 is 22.4 Å². The average Bonchev–Trinajstić information content (AvgIpc) is 3.18. The van der Waals surface area contributed by atoms with Crippen molar-refractivity contribution in [1.29, 1.82) is 0 Å². The largest absolute Gasteiger partial charge is 0.416 e. The van der Waals surface area contributed by atoms with Gasteiger partial charge in [-0.1, -0.05) is 23.4 Å². The highest BCUT2D eigenvalue weighted by Gasteiger charge is 2.30. The zero-order valence-corrected chi connectivity index (χ0v) is 18.1. The van der Waals surface area contributed by atoms with Crippen LogP contribution in [0.5, 0.6) is 0 Å². The fourth-order valence-electron chi connectivity index (χ4n) is 3.07. The molecule has 0 fully saturated rings. The average molecular weight is 492 g/mol. The molecule has 8 nitrogen and oxygen atoms in total. The Hall–Kier alpha value is -3.74. The molecular formula is C21H16F4N6O2S. The minimum Gasteiger partial charge on any atom is -0.325 e. The number of hydrogen-bond donors (Lipinski definition) is 2. The highest BCUT2D eigenvalue weighted by molar-refractivity contribution is 7.99. The third kappa shape index (κ3) is 5.60. The van der Waals surface area contributed by atoms with Gasteiger partial charge in [0.1, 0.15) is 11.6 Å². The van der Waals surface area contributed by atoms with E-state index >= 15 is 0 Å². The third-order valence-corrected chi connectivity index (χ3v) is 5.52. The van der Waals surface area contributed by atoms with E-state index in [1.54, 1.807) is 12.1 Å². The molecule has 0 radical (unpaired) electrons. The molecule has 0 saturated heterocycles. The quantitative estimate of drug-likeness (QED) is 0.382. The number of hydrogen-bond acceptors (Lipinski definition) is 6. The zero-order valence-electron chi connectivity index (χ0n) is 17.3. The lowest BCUT2D eigenvalue weighted by Crippen LogP contribution is -2.16. The molecule has 2 N–H and O–H groups in total. The standard InChI is InChI=1S/C21H16F4N6O2S/c22-14-6-4-12(5-7-14)8-16-27-19-18(20(33)28-16)29-30-31(19)11-34-10-17(32)26-15-3-1-2-13(9-15)21(23,24)25/h1-7,9H,8,10-11H2,(H,26,32)(H,27,28,33). The van der Waals surface area contributed by atoms with Crippen LogP contribution in [0.25, 0.3) is 11.2 Å². The van der Waals surface area contributed by atoms with Gasteiger partial charge in [-0.15, -0.1) is 16.9 Å². The van der Waals surface area contributed by atoms with Gasteiger partial charge >= 0.3 is 6.18 Å². The van der Waals surface area contributed by atoms with Crippen LogP contribution in [-0.2, 0) is 23.3 Å². The van der Waals surface area contributed by atoms with Gasteiger partial charge in [-0.25, -0.2) is 14.1 Å². The maximum atomic E-state index is 13.1. The monoisotopic (exact) mass is 492 g/mol. The number of nitrogens with zero attached hydrogens (tertiary/aromatic N) is 4. The number of anilines is 1. The summed E-state index contributed by atoms with van der Waals surface area (Å²) in [6.07, 6.45) is -4.26. The van der Waals surface area contributed by atoms with Gasteiger partial charge in [0.05, 0.1) is 17.2 Å². The number of nitrogens with one attached hydrogen (secondary N) is 2. The lowest BCUT2D eigenvalue weighted by atomic mass is 10.1. The predicted octanol–water partition coefficient (Wildman–Crippen LogP) is 3.59. The summed E-state index contributed by atoms with van der Waals surface area (Å²) in [5, 5.41) is 10.1. The minimum absolute atomic E-state index is 0.0249. The lowest BCUT2D eigenvalue weighted by molar-refractivity contribution is -0.137. The Morgan fingerprint density at radius 1 is 1.15 bits per heavy atom. The smallest absolute Gasteiger partial charge is 0.325 e. The van der Waals surface area contributed by atoms with Crippen molar-refractivity contribution in [3.05, 3.63) is 81.7 Å². The van der Waals surface area contributed by atoms with E-state index < -0.39 is 23.2 Å². The van der Waals surface area contributed by atoms with E-state index in [0.29, 0.717) is 5.82 Å². The maximum Gasteiger partial charge on any atom is 0.416 e. The molecule has 0 bridgehead atoms. The van der Waals surface area contributed by atoms with Crippen LogP contribution in [0.1, 0.15) is 17.0 Å². The van der Waals surface area contributed by atoms with E-state index in [0.717, 1.165) is 29.5 Å². The third-order valence-electron chi connectivity index (χ3n) is 4.63. The second kappa shape index (κ2) is 9.63. The lowest BCUT2D eigenvalue weighted by Gasteiger charge is -2.10. The molecule has 0 saturated carbocycles. The first kappa shape index (κ1) is 23.4. The number of rotatable bonds is 7. The van der Waals surface area contributed by atoms with Crippen molar-refractivity contribution in [2.24, 2.45) is 0 Å². The topological polar surface area (TPSA) is 106 Å². The fraction of sp³-hybridized carbons (Fsp3) is 0.190. The van der Waals surface area contributed by atoms with Gasteiger partial charge in [-0.2, -0.15) is 13.2 Å². The van der Waals surface area contributed by atoms with Crippen molar-refractivity contribution in [3.8, 4) is 0 Å². The van der Waals surface area contributed by atoms with Crippen LogP contribution in [0.3, 0.4) is 0 Å². The first-order valence-electron chi connectivity index (χ1n) is 9.81. The Balaban J connectivity index is 1.40. The molecule has 0 aliphatic rings. The van der Waals surface area contributed by atoms with Gasteiger partial charge in [0, 0.05) is 12.1 Å². The molecule has 34 heavy (non-hydrogen) atoms. The number of carbonyl (C=O) groups is 1. The molecule has 0 unspecified atom stereocenters. The van der Waals surface area contributed by atoms with E-state index in [1.165, 1.54) is 28.9 Å². The summed E-state index contributed by atoms with van der Waals surface area (Å²) in [5.41, 5.74) is -0.335. The number of fused-ring (bicyclic) bond motifs is 1. The first-order valence-corrected chi connectivity index (χ1v) is 11.0. The number of amides is 1. The summed E-state index contributed by atoms with van der Waals surface area (Å²) >= 11 is 1.11. The zero-order chi connectivity index (χ0) is 24.3. The highest BCUT2D eigenvalue weighted by Crippen LogP contribution is 2.30.